The van der Waals surface area contributed by atoms with Gasteiger partial charge in [-0.1, -0.05) is 22.9 Å². The Morgan fingerprint density at radius 2 is 1.80 bits per heavy atom. The van der Waals surface area contributed by atoms with Gasteiger partial charge in [0, 0.05) is 6.07 Å². The van der Waals surface area contributed by atoms with Crippen molar-refractivity contribution in [3.8, 4) is 0 Å². The molecule has 0 amide bonds. The third kappa shape index (κ3) is 2.59. The second-order valence-electron chi connectivity index (χ2n) is 2.99. The summed E-state index contributed by atoms with van der Waals surface area (Å²) in [5, 5.41) is 0. The van der Waals surface area contributed by atoms with E-state index in [0.29, 0.717) is 18.6 Å². The van der Waals surface area contributed by atoms with Crippen LogP contribution < -0.4 is 0 Å². The van der Waals surface area contributed by atoms with Gasteiger partial charge in [0.25, 0.3) is 0 Å². The van der Waals surface area contributed by atoms with Crippen LogP contribution in [0.3, 0.4) is 0 Å². The number of carbonyl (C=O) groups is 1. The van der Waals surface area contributed by atoms with E-state index in [4.69, 9.17) is 0 Å². The monoisotopic (exact) mass is 280 g/mol. The molecule has 82 valence electrons. The van der Waals surface area contributed by atoms with Gasteiger partial charge in [-0.25, -0.2) is 13.2 Å². The number of carbonyl (C=O) groups excluding carboxylic acids is 1. The van der Waals surface area contributed by atoms with Crippen LogP contribution in [0.15, 0.2) is 12.1 Å². The molecule has 0 radical (unpaired) electrons. The molecule has 1 rings (SSSR count). The minimum Gasteiger partial charge on any atom is -0.293 e. The summed E-state index contributed by atoms with van der Waals surface area (Å²) in [7, 11) is 0. The first-order valence-corrected chi connectivity index (χ1v) is 5.21. The van der Waals surface area contributed by atoms with Crippen molar-refractivity contribution in [2.45, 2.75) is 18.2 Å². The number of Topliss-reactive ketones (excluding diaryl/α,β-unsaturated/α-hetero) is 1. The number of rotatable bonds is 3. The van der Waals surface area contributed by atoms with Crippen LogP contribution in [0, 0.1) is 17.5 Å². The summed E-state index contributed by atoms with van der Waals surface area (Å²) in [5.74, 6) is -4.16. The maximum atomic E-state index is 13.1. The van der Waals surface area contributed by atoms with E-state index in [9.17, 15) is 18.0 Å². The number of hydrogen-bond donors (Lipinski definition) is 0. The average Bonchev–Trinajstić information content (AvgIpc) is 2.21. The number of alkyl halides is 1. The highest BCUT2D eigenvalue weighted by molar-refractivity contribution is 9.10. The normalized spacial score (nSPS) is 12.6. The maximum Gasteiger partial charge on any atom is 0.179 e. The highest BCUT2D eigenvalue weighted by Gasteiger charge is 2.21. The van der Waals surface area contributed by atoms with Crippen molar-refractivity contribution in [1.82, 2.24) is 0 Å². The molecular weight excluding hydrogens is 273 g/mol. The molecule has 15 heavy (non-hydrogen) atoms. The van der Waals surface area contributed by atoms with Crippen molar-refractivity contribution >= 4 is 21.7 Å². The van der Waals surface area contributed by atoms with Gasteiger partial charge in [0.15, 0.2) is 17.4 Å². The molecule has 0 aliphatic carbocycles. The lowest BCUT2D eigenvalue weighted by atomic mass is 10.1. The van der Waals surface area contributed by atoms with Crippen LogP contribution in [-0.4, -0.2) is 10.6 Å². The van der Waals surface area contributed by atoms with E-state index in [-0.39, 0.29) is 0 Å². The molecule has 0 aliphatic heterocycles. The van der Waals surface area contributed by atoms with E-state index in [1.165, 1.54) is 0 Å². The lowest BCUT2D eigenvalue weighted by molar-refractivity contribution is 0.0985. The Hall–Kier alpha value is -0.840. The molecule has 0 heterocycles. The molecular formula is C10H8BrF3O. The summed E-state index contributed by atoms with van der Waals surface area (Å²) in [6.45, 7) is 1.72. The smallest absolute Gasteiger partial charge is 0.179 e. The number of halogens is 4. The quantitative estimate of drug-likeness (QED) is 0.471. The fourth-order valence-electron chi connectivity index (χ4n) is 1.07. The van der Waals surface area contributed by atoms with Crippen molar-refractivity contribution in [3.05, 3.63) is 35.1 Å². The summed E-state index contributed by atoms with van der Waals surface area (Å²) >= 11 is 3.02. The Labute approximate surface area is 93.4 Å². The topological polar surface area (TPSA) is 17.1 Å². The van der Waals surface area contributed by atoms with Gasteiger partial charge in [-0.15, -0.1) is 0 Å². The molecule has 0 bridgehead atoms. The largest absolute Gasteiger partial charge is 0.293 e. The van der Waals surface area contributed by atoms with Gasteiger partial charge >= 0.3 is 0 Å². The average molecular weight is 281 g/mol. The van der Waals surface area contributed by atoms with Crippen molar-refractivity contribution in [3.63, 3.8) is 0 Å². The van der Waals surface area contributed by atoms with Crippen molar-refractivity contribution in [2.75, 3.05) is 0 Å². The van der Waals surface area contributed by atoms with Gasteiger partial charge < -0.3 is 0 Å². The highest BCUT2D eigenvalue weighted by atomic mass is 79.9. The van der Waals surface area contributed by atoms with Crippen LogP contribution >= 0.6 is 15.9 Å². The molecule has 0 spiro atoms. The summed E-state index contributed by atoms with van der Waals surface area (Å²) in [6, 6.07) is 0.953. The molecule has 0 N–H and O–H groups in total. The number of hydrogen-bond acceptors (Lipinski definition) is 1. The van der Waals surface area contributed by atoms with Gasteiger partial charge in [0.05, 0.1) is 10.4 Å². The summed E-state index contributed by atoms with van der Waals surface area (Å²) in [5.41, 5.74) is -0.433. The molecule has 0 aromatic heterocycles. The molecule has 0 saturated heterocycles. The van der Waals surface area contributed by atoms with Crippen LogP contribution in [0.1, 0.15) is 23.7 Å². The molecule has 1 aromatic carbocycles. The lowest BCUT2D eigenvalue weighted by Gasteiger charge is -2.07. The predicted molar refractivity (Wildman–Crippen MR) is 53.7 cm³/mol. The van der Waals surface area contributed by atoms with Gasteiger partial charge in [-0.05, 0) is 12.5 Å². The third-order valence-corrected chi connectivity index (χ3v) is 2.98. The molecule has 5 heteroatoms. The first-order valence-electron chi connectivity index (χ1n) is 4.30. The second kappa shape index (κ2) is 4.79. The molecule has 0 fully saturated rings. The summed E-state index contributed by atoms with van der Waals surface area (Å²) < 4.78 is 38.5. The molecule has 1 atom stereocenters. The number of benzene rings is 1. The fourth-order valence-corrected chi connectivity index (χ4v) is 1.31. The Balaban J connectivity index is 3.15. The molecule has 0 saturated carbocycles. The zero-order valence-electron chi connectivity index (χ0n) is 7.86. The Morgan fingerprint density at radius 3 is 2.33 bits per heavy atom. The van der Waals surface area contributed by atoms with Crippen molar-refractivity contribution in [1.29, 1.82) is 0 Å². The van der Waals surface area contributed by atoms with Crippen molar-refractivity contribution < 1.29 is 18.0 Å². The molecule has 1 nitrogen and oxygen atoms in total. The van der Waals surface area contributed by atoms with Crippen molar-refractivity contribution in [2.24, 2.45) is 0 Å². The maximum absolute atomic E-state index is 13.1. The molecule has 1 aromatic rings. The summed E-state index contributed by atoms with van der Waals surface area (Å²) in [6.07, 6.45) is 0.442. The van der Waals surface area contributed by atoms with E-state index < -0.39 is 33.6 Å². The van der Waals surface area contributed by atoms with Gasteiger partial charge in [-0.3, -0.25) is 4.79 Å². The zero-order chi connectivity index (χ0) is 11.6. The lowest BCUT2D eigenvalue weighted by Crippen LogP contribution is -2.15. The second-order valence-corrected chi connectivity index (χ2v) is 4.09. The third-order valence-electron chi connectivity index (χ3n) is 1.92. The fraction of sp³-hybridized carbons (Fsp3) is 0.300. The Bertz CT molecular complexity index is 392. The van der Waals surface area contributed by atoms with E-state index >= 15 is 0 Å². The standard InChI is InChI=1S/C10H8BrF3O/c1-2-6(11)10(15)5-3-8(13)9(14)4-7(5)12/h3-4,6H,2H2,1H3. The van der Waals surface area contributed by atoms with E-state index in [1.807, 2.05) is 0 Å². The Morgan fingerprint density at radius 1 is 1.27 bits per heavy atom. The predicted octanol–water partition coefficient (Wildman–Crippen LogP) is 3.46. The van der Waals surface area contributed by atoms with Crippen LogP contribution in [0.2, 0.25) is 0 Å². The number of ketones is 1. The van der Waals surface area contributed by atoms with E-state index in [1.54, 1.807) is 6.92 Å². The highest BCUT2D eigenvalue weighted by Crippen LogP contribution is 2.19. The van der Waals surface area contributed by atoms with E-state index in [2.05, 4.69) is 15.9 Å². The molecule has 0 aliphatic rings. The first kappa shape index (κ1) is 12.2. The minimum absolute atomic E-state index is 0.373. The van der Waals surface area contributed by atoms with Crippen LogP contribution in [0.4, 0.5) is 13.2 Å². The minimum atomic E-state index is -1.30. The van der Waals surface area contributed by atoms with Crippen LogP contribution in [0.5, 0.6) is 0 Å². The SMILES string of the molecule is CCC(Br)C(=O)c1cc(F)c(F)cc1F. The van der Waals surface area contributed by atoms with Crippen LogP contribution in [-0.2, 0) is 0 Å². The summed E-state index contributed by atoms with van der Waals surface area (Å²) in [4.78, 5) is 10.9. The molecule has 1 unspecified atom stereocenters. The van der Waals surface area contributed by atoms with Gasteiger partial charge in [0.2, 0.25) is 0 Å². The van der Waals surface area contributed by atoms with E-state index in [0.717, 1.165) is 0 Å². The van der Waals surface area contributed by atoms with Crippen LogP contribution in [0.25, 0.3) is 0 Å². The van der Waals surface area contributed by atoms with Gasteiger partial charge in [-0.2, -0.15) is 0 Å². The Kier molecular flexibility index (Phi) is 3.90. The van der Waals surface area contributed by atoms with Gasteiger partial charge in [0.1, 0.15) is 5.82 Å². The first-order chi connectivity index (χ1) is 6.97. The zero-order valence-corrected chi connectivity index (χ0v) is 9.45.